The zero-order chi connectivity index (χ0) is 15.6. The molecule has 0 saturated carbocycles. The molecule has 2 rings (SSSR count). The van der Waals surface area contributed by atoms with Crippen LogP contribution < -0.4 is 4.74 Å². The number of nitrogens with zero attached hydrogens (tertiary/aromatic N) is 1. The number of benzene rings is 2. The maximum Gasteiger partial charge on any atom is 0.339 e. The molecule has 0 saturated heterocycles. The Balaban J connectivity index is 2.41. The normalized spacial score (nSPS) is 10.2. The molecule has 6 nitrogen and oxygen atoms in total. The number of para-hydroxylation sites is 1. The van der Waals surface area contributed by atoms with E-state index in [1.54, 1.807) is 19.1 Å². The van der Waals surface area contributed by atoms with Crippen LogP contribution in [0.4, 0.5) is 10.1 Å². The monoisotopic (exact) mass is 291 g/mol. The van der Waals surface area contributed by atoms with Gasteiger partial charge in [-0.3, -0.25) is 10.1 Å². The van der Waals surface area contributed by atoms with Crippen LogP contribution in [0.15, 0.2) is 36.4 Å². The first-order valence-electron chi connectivity index (χ1n) is 5.85. The van der Waals surface area contributed by atoms with E-state index in [-0.39, 0.29) is 17.1 Å². The quantitative estimate of drug-likeness (QED) is 0.687. The largest absolute Gasteiger partial charge is 0.478 e. The van der Waals surface area contributed by atoms with E-state index in [4.69, 9.17) is 9.84 Å². The fourth-order valence-corrected chi connectivity index (χ4v) is 1.77. The molecule has 0 aliphatic heterocycles. The minimum absolute atomic E-state index is 0.0186. The number of aromatic carboxylic acids is 1. The summed E-state index contributed by atoms with van der Waals surface area (Å²) in [5.41, 5.74) is -0.201. The van der Waals surface area contributed by atoms with Gasteiger partial charge in [-0.2, -0.15) is 4.39 Å². The molecule has 0 aromatic heterocycles. The molecule has 0 fully saturated rings. The summed E-state index contributed by atoms with van der Waals surface area (Å²) in [5.74, 6) is -2.19. The van der Waals surface area contributed by atoms with Gasteiger partial charge in [0.2, 0.25) is 5.82 Å². The fourth-order valence-electron chi connectivity index (χ4n) is 1.77. The summed E-state index contributed by atoms with van der Waals surface area (Å²) in [6, 6.07) is 7.57. The molecule has 0 aliphatic carbocycles. The summed E-state index contributed by atoms with van der Waals surface area (Å²) in [7, 11) is 0. The van der Waals surface area contributed by atoms with Gasteiger partial charge in [0.25, 0.3) is 0 Å². The third-order valence-corrected chi connectivity index (χ3v) is 2.78. The minimum Gasteiger partial charge on any atom is -0.478 e. The molecule has 0 amide bonds. The van der Waals surface area contributed by atoms with E-state index in [0.717, 1.165) is 12.1 Å². The highest BCUT2D eigenvalue weighted by Crippen LogP contribution is 2.31. The summed E-state index contributed by atoms with van der Waals surface area (Å²) >= 11 is 0. The van der Waals surface area contributed by atoms with Crippen molar-refractivity contribution in [2.45, 2.75) is 6.92 Å². The molecular formula is C14H10FNO5. The number of nitro benzene ring substituents is 1. The first-order valence-corrected chi connectivity index (χ1v) is 5.85. The molecule has 0 spiro atoms. The van der Waals surface area contributed by atoms with Crippen LogP contribution in [0.25, 0.3) is 0 Å². The molecule has 0 radical (unpaired) electrons. The van der Waals surface area contributed by atoms with Gasteiger partial charge in [-0.25, -0.2) is 4.79 Å². The summed E-state index contributed by atoms with van der Waals surface area (Å²) in [5, 5.41) is 19.6. The zero-order valence-corrected chi connectivity index (χ0v) is 10.9. The van der Waals surface area contributed by atoms with Gasteiger partial charge in [0.15, 0.2) is 0 Å². The lowest BCUT2D eigenvalue weighted by Gasteiger charge is -2.11. The standard InChI is InChI=1S/C14H10FNO5/c1-8-3-2-4-10(14(17)18)13(8)21-9-5-6-12(16(19)20)11(15)7-9/h2-7H,1H3,(H,17,18). The number of rotatable bonds is 4. The SMILES string of the molecule is Cc1cccc(C(=O)O)c1Oc1ccc([N+](=O)[O-])c(F)c1. The van der Waals surface area contributed by atoms with Crippen molar-refractivity contribution < 1.29 is 24.0 Å². The third-order valence-electron chi connectivity index (χ3n) is 2.78. The lowest BCUT2D eigenvalue weighted by molar-refractivity contribution is -0.387. The van der Waals surface area contributed by atoms with E-state index >= 15 is 0 Å². The molecule has 108 valence electrons. The van der Waals surface area contributed by atoms with Crippen LogP contribution >= 0.6 is 0 Å². The summed E-state index contributed by atoms with van der Waals surface area (Å²) < 4.78 is 18.9. The van der Waals surface area contributed by atoms with E-state index in [0.29, 0.717) is 5.56 Å². The third kappa shape index (κ3) is 2.97. The number of hydrogen-bond acceptors (Lipinski definition) is 4. The summed E-state index contributed by atoms with van der Waals surface area (Å²) in [6.07, 6.45) is 0. The second-order valence-corrected chi connectivity index (χ2v) is 4.23. The van der Waals surface area contributed by atoms with Crippen LogP contribution in [0.3, 0.4) is 0 Å². The van der Waals surface area contributed by atoms with Crippen LogP contribution in [0.2, 0.25) is 0 Å². The van der Waals surface area contributed by atoms with Crippen molar-refractivity contribution in [3.63, 3.8) is 0 Å². The Kier molecular flexibility index (Phi) is 3.84. The Hall–Kier alpha value is -2.96. The Morgan fingerprint density at radius 3 is 2.62 bits per heavy atom. The molecule has 2 aromatic rings. The van der Waals surface area contributed by atoms with Crippen LogP contribution in [0.1, 0.15) is 15.9 Å². The van der Waals surface area contributed by atoms with Gasteiger partial charge in [0, 0.05) is 12.1 Å². The average molecular weight is 291 g/mol. The number of carbonyl (C=O) groups is 1. The lowest BCUT2D eigenvalue weighted by Crippen LogP contribution is -2.02. The van der Waals surface area contributed by atoms with Crippen molar-refractivity contribution >= 4 is 11.7 Å². The Bertz CT molecular complexity index is 729. The lowest BCUT2D eigenvalue weighted by atomic mass is 10.1. The Morgan fingerprint density at radius 1 is 1.33 bits per heavy atom. The van der Waals surface area contributed by atoms with E-state index in [1.807, 2.05) is 0 Å². The van der Waals surface area contributed by atoms with Gasteiger partial charge in [0.05, 0.1) is 4.92 Å². The molecule has 0 atom stereocenters. The van der Waals surface area contributed by atoms with Crippen molar-refractivity contribution in [2.24, 2.45) is 0 Å². The number of hydrogen-bond donors (Lipinski definition) is 1. The van der Waals surface area contributed by atoms with Crippen LogP contribution in [-0.4, -0.2) is 16.0 Å². The molecule has 21 heavy (non-hydrogen) atoms. The summed E-state index contributed by atoms with van der Waals surface area (Å²) in [4.78, 5) is 20.8. The number of aryl methyl sites for hydroxylation is 1. The fraction of sp³-hybridized carbons (Fsp3) is 0.0714. The molecule has 0 unspecified atom stereocenters. The maximum atomic E-state index is 13.5. The first kappa shape index (κ1) is 14.4. The highest BCUT2D eigenvalue weighted by molar-refractivity contribution is 5.91. The second kappa shape index (κ2) is 5.58. The molecule has 2 aromatic carbocycles. The van der Waals surface area contributed by atoms with Crippen molar-refractivity contribution in [3.8, 4) is 11.5 Å². The summed E-state index contributed by atoms with van der Waals surface area (Å²) in [6.45, 7) is 1.64. The Labute approximate surface area is 118 Å². The minimum atomic E-state index is -1.18. The second-order valence-electron chi connectivity index (χ2n) is 4.23. The van der Waals surface area contributed by atoms with Gasteiger partial charge < -0.3 is 9.84 Å². The molecule has 7 heteroatoms. The van der Waals surface area contributed by atoms with Gasteiger partial charge in [-0.05, 0) is 24.6 Å². The van der Waals surface area contributed by atoms with Crippen LogP contribution in [0.5, 0.6) is 11.5 Å². The van der Waals surface area contributed by atoms with Crippen molar-refractivity contribution in [1.29, 1.82) is 0 Å². The maximum absolute atomic E-state index is 13.5. The van der Waals surface area contributed by atoms with E-state index in [9.17, 15) is 19.3 Å². The molecule has 1 N–H and O–H groups in total. The molecule has 0 aliphatic rings. The van der Waals surface area contributed by atoms with Crippen molar-refractivity contribution in [2.75, 3.05) is 0 Å². The number of carboxylic acids is 1. The van der Waals surface area contributed by atoms with Gasteiger partial charge >= 0.3 is 11.7 Å². The average Bonchev–Trinajstić information content (AvgIpc) is 2.40. The molecule has 0 heterocycles. The van der Waals surface area contributed by atoms with Gasteiger partial charge in [-0.15, -0.1) is 0 Å². The van der Waals surface area contributed by atoms with E-state index in [2.05, 4.69) is 0 Å². The number of carboxylic acid groups (broad SMARTS) is 1. The highest BCUT2D eigenvalue weighted by atomic mass is 19.1. The van der Waals surface area contributed by atoms with E-state index < -0.39 is 22.4 Å². The van der Waals surface area contributed by atoms with Crippen LogP contribution in [0, 0.1) is 22.9 Å². The molecular weight excluding hydrogens is 281 g/mol. The predicted octanol–water partition coefficient (Wildman–Crippen LogP) is 3.53. The van der Waals surface area contributed by atoms with Crippen molar-refractivity contribution in [3.05, 3.63) is 63.5 Å². The predicted molar refractivity (Wildman–Crippen MR) is 71.3 cm³/mol. The van der Waals surface area contributed by atoms with Gasteiger partial charge in [0.1, 0.15) is 17.1 Å². The number of halogens is 1. The Morgan fingerprint density at radius 2 is 2.05 bits per heavy atom. The van der Waals surface area contributed by atoms with Gasteiger partial charge in [-0.1, -0.05) is 12.1 Å². The first-order chi connectivity index (χ1) is 9.90. The van der Waals surface area contributed by atoms with Crippen LogP contribution in [-0.2, 0) is 0 Å². The van der Waals surface area contributed by atoms with Crippen molar-refractivity contribution in [1.82, 2.24) is 0 Å². The topological polar surface area (TPSA) is 89.7 Å². The van der Waals surface area contributed by atoms with E-state index in [1.165, 1.54) is 12.1 Å². The zero-order valence-electron chi connectivity index (χ0n) is 10.9. The number of nitro groups is 1. The number of ether oxygens (including phenoxy) is 1. The highest BCUT2D eigenvalue weighted by Gasteiger charge is 2.17. The smallest absolute Gasteiger partial charge is 0.339 e. The molecule has 0 bridgehead atoms.